The summed E-state index contributed by atoms with van der Waals surface area (Å²) in [5.41, 5.74) is 0.651. The molecule has 1 aromatic rings. The number of benzene rings is 1. The molecule has 72 valence electrons. The Morgan fingerprint density at radius 3 is 2.93 bits per heavy atom. The van der Waals surface area contributed by atoms with E-state index in [0.717, 1.165) is 0 Å². The minimum atomic E-state index is 0.166. The van der Waals surface area contributed by atoms with Crippen LogP contribution < -0.4 is 9.47 Å². The van der Waals surface area contributed by atoms with E-state index in [2.05, 4.69) is 6.58 Å². The second-order valence-electron chi connectivity index (χ2n) is 2.96. The van der Waals surface area contributed by atoms with Gasteiger partial charge in [-0.1, -0.05) is 6.58 Å². The average Bonchev–Trinajstić information content (AvgIpc) is 2.16. The number of hydrogen-bond donors (Lipinski definition) is 1. The highest BCUT2D eigenvalue weighted by atomic mass is 16.5. The van der Waals surface area contributed by atoms with E-state index < -0.39 is 0 Å². The van der Waals surface area contributed by atoms with E-state index in [-0.39, 0.29) is 5.76 Å². The van der Waals surface area contributed by atoms with Gasteiger partial charge >= 0.3 is 0 Å². The van der Waals surface area contributed by atoms with Crippen molar-refractivity contribution in [3.63, 3.8) is 0 Å². The number of ether oxygens (including phenoxy) is 2. The second-order valence-corrected chi connectivity index (χ2v) is 2.96. The van der Waals surface area contributed by atoms with Gasteiger partial charge in [0.1, 0.15) is 23.0 Å². The Morgan fingerprint density at radius 1 is 1.43 bits per heavy atom. The van der Waals surface area contributed by atoms with Gasteiger partial charge in [0.05, 0.1) is 12.7 Å². The van der Waals surface area contributed by atoms with Crippen LogP contribution in [0.2, 0.25) is 0 Å². The van der Waals surface area contributed by atoms with Gasteiger partial charge in [-0.05, 0) is 12.1 Å². The van der Waals surface area contributed by atoms with Gasteiger partial charge in [0.25, 0.3) is 0 Å². The van der Waals surface area contributed by atoms with Gasteiger partial charge in [-0.25, -0.2) is 0 Å². The van der Waals surface area contributed by atoms with Crippen molar-refractivity contribution in [3.8, 4) is 11.5 Å². The molecule has 0 spiro atoms. The van der Waals surface area contributed by atoms with Crippen LogP contribution in [0.25, 0.3) is 5.76 Å². The molecule has 0 atom stereocenters. The number of hydrogen-bond acceptors (Lipinski definition) is 3. The summed E-state index contributed by atoms with van der Waals surface area (Å²) in [6.07, 6.45) is 1.48. The van der Waals surface area contributed by atoms with E-state index in [1.165, 1.54) is 6.08 Å². The maximum atomic E-state index is 9.57. The number of rotatable bonds is 1. The lowest BCUT2D eigenvalue weighted by atomic mass is 10.1. The molecule has 3 heteroatoms. The van der Waals surface area contributed by atoms with Gasteiger partial charge in [-0.15, -0.1) is 0 Å². The van der Waals surface area contributed by atoms with Crippen molar-refractivity contribution in [2.45, 2.75) is 0 Å². The third-order valence-electron chi connectivity index (χ3n) is 2.00. The maximum absolute atomic E-state index is 9.57. The zero-order valence-corrected chi connectivity index (χ0v) is 7.78. The standard InChI is InChI=1S/C11H10O3/c1-7-5-10(12)9-4-3-8(13-2)6-11(9)14-7/h3-6,12H,1H2,2H3. The van der Waals surface area contributed by atoms with E-state index in [0.29, 0.717) is 22.8 Å². The summed E-state index contributed by atoms with van der Waals surface area (Å²) in [6, 6.07) is 5.22. The first-order valence-electron chi connectivity index (χ1n) is 4.16. The van der Waals surface area contributed by atoms with Crippen molar-refractivity contribution in [2.24, 2.45) is 0 Å². The molecule has 0 radical (unpaired) electrons. The summed E-state index contributed by atoms with van der Waals surface area (Å²) in [5.74, 6) is 1.84. The van der Waals surface area contributed by atoms with Gasteiger partial charge in [-0.2, -0.15) is 0 Å². The van der Waals surface area contributed by atoms with E-state index in [9.17, 15) is 5.11 Å². The van der Waals surface area contributed by atoms with Crippen molar-refractivity contribution in [2.75, 3.05) is 7.11 Å². The Hall–Kier alpha value is -1.90. The molecular weight excluding hydrogens is 180 g/mol. The van der Waals surface area contributed by atoms with Crippen molar-refractivity contribution >= 4 is 5.76 Å². The molecule has 1 aromatic carbocycles. The Kier molecular flexibility index (Phi) is 1.93. The summed E-state index contributed by atoms with van der Waals surface area (Å²) in [5, 5.41) is 9.57. The fraction of sp³-hybridized carbons (Fsp3) is 0.0909. The molecular formula is C11H10O3. The highest BCUT2D eigenvalue weighted by molar-refractivity contribution is 5.70. The summed E-state index contributed by atoms with van der Waals surface area (Å²) >= 11 is 0. The Labute approximate surface area is 81.9 Å². The van der Waals surface area contributed by atoms with Gasteiger partial charge < -0.3 is 14.6 Å². The fourth-order valence-electron chi connectivity index (χ4n) is 1.33. The van der Waals surface area contributed by atoms with Crippen LogP contribution in [0.1, 0.15) is 5.56 Å². The minimum absolute atomic E-state index is 0.166. The van der Waals surface area contributed by atoms with E-state index in [4.69, 9.17) is 9.47 Å². The van der Waals surface area contributed by atoms with Crippen LogP contribution in [0.5, 0.6) is 11.5 Å². The van der Waals surface area contributed by atoms with Crippen LogP contribution in [0.15, 0.2) is 36.6 Å². The van der Waals surface area contributed by atoms with Gasteiger partial charge in [0.2, 0.25) is 0 Å². The molecule has 2 rings (SSSR count). The largest absolute Gasteiger partial charge is 0.507 e. The van der Waals surface area contributed by atoms with Crippen molar-refractivity contribution in [1.82, 2.24) is 0 Å². The first kappa shape index (κ1) is 8.69. The Balaban J connectivity index is 2.52. The molecule has 0 aliphatic carbocycles. The molecule has 3 nitrogen and oxygen atoms in total. The van der Waals surface area contributed by atoms with Gasteiger partial charge in [0.15, 0.2) is 0 Å². The van der Waals surface area contributed by atoms with Crippen molar-refractivity contribution in [3.05, 3.63) is 42.2 Å². The maximum Gasteiger partial charge on any atom is 0.142 e. The van der Waals surface area contributed by atoms with E-state index >= 15 is 0 Å². The first-order chi connectivity index (χ1) is 6.70. The molecule has 0 fully saturated rings. The summed E-state index contributed by atoms with van der Waals surface area (Å²) in [4.78, 5) is 0. The fourth-order valence-corrected chi connectivity index (χ4v) is 1.33. The number of aliphatic hydroxyl groups excluding tert-OH is 1. The van der Waals surface area contributed by atoms with Gasteiger partial charge in [-0.3, -0.25) is 0 Å². The zero-order valence-electron chi connectivity index (χ0n) is 7.78. The molecule has 1 N–H and O–H groups in total. The third-order valence-corrected chi connectivity index (χ3v) is 2.00. The number of fused-ring (bicyclic) bond motifs is 1. The molecule has 1 aliphatic heterocycles. The predicted molar refractivity (Wildman–Crippen MR) is 53.4 cm³/mol. The van der Waals surface area contributed by atoms with Crippen molar-refractivity contribution in [1.29, 1.82) is 0 Å². The lowest BCUT2D eigenvalue weighted by molar-refractivity contribution is 0.397. The summed E-state index contributed by atoms with van der Waals surface area (Å²) in [7, 11) is 1.58. The van der Waals surface area contributed by atoms with E-state index in [1.807, 2.05) is 0 Å². The molecule has 14 heavy (non-hydrogen) atoms. The highest BCUT2D eigenvalue weighted by Gasteiger charge is 2.15. The third kappa shape index (κ3) is 1.33. The molecule has 1 aliphatic rings. The number of allylic oxidation sites excluding steroid dienone is 1. The summed E-state index contributed by atoms with van der Waals surface area (Å²) < 4.78 is 10.4. The topological polar surface area (TPSA) is 38.7 Å². The van der Waals surface area contributed by atoms with Gasteiger partial charge in [0, 0.05) is 12.1 Å². The number of aliphatic hydroxyl groups is 1. The van der Waals surface area contributed by atoms with Crippen LogP contribution in [-0.4, -0.2) is 12.2 Å². The molecule has 0 aromatic heterocycles. The molecule has 0 saturated heterocycles. The second kappa shape index (κ2) is 3.10. The average molecular weight is 190 g/mol. The van der Waals surface area contributed by atoms with E-state index in [1.54, 1.807) is 25.3 Å². The van der Waals surface area contributed by atoms with Crippen LogP contribution in [0, 0.1) is 0 Å². The lowest BCUT2D eigenvalue weighted by Crippen LogP contribution is -2.02. The number of methoxy groups -OCH3 is 1. The smallest absolute Gasteiger partial charge is 0.142 e. The lowest BCUT2D eigenvalue weighted by Gasteiger charge is -2.16. The molecule has 0 unspecified atom stereocenters. The van der Waals surface area contributed by atoms with Crippen LogP contribution >= 0.6 is 0 Å². The van der Waals surface area contributed by atoms with Crippen molar-refractivity contribution < 1.29 is 14.6 Å². The zero-order chi connectivity index (χ0) is 10.1. The Morgan fingerprint density at radius 2 is 2.21 bits per heavy atom. The van der Waals surface area contributed by atoms with Crippen LogP contribution in [0.3, 0.4) is 0 Å². The first-order valence-corrected chi connectivity index (χ1v) is 4.16. The SMILES string of the molecule is C=C1C=C(O)c2ccc(OC)cc2O1. The molecule has 0 bridgehead atoms. The monoisotopic (exact) mass is 190 g/mol. The highest BCUT2D eigenvalue weighted by Crippen LogP contribution is 2.34. The Bertz CT molecular complexity index is 419. The predicted octanol–water partition coefficient (Wildman–Crippen LogP) is 2.50. The quantitative estimate of drug-likeness (QED) is 0.739. The molecule has 0 amide bonds. The summed E-state index contributed by atoms with van der Waals surface area (Å²) in [6.45, 7) is 3.62. The minimum Gasteiger partial charge on any atom is -0.507 e. The van der Waals surface area contributed by atoms with Crippen LogP contribution in [-0.2, 0) is 0 Å². The normalized spacial score (nSPS) is 14.1. The van der Waals surface area contributed by atoms with Crippen LogP contribution in [0.4, 0.5) is 0 Å². The molecule has 1 heterocycles. The molecule has 0 saturated carbocycles.